The first-order valence-corrected chi connectivity index (χ1v) is 8.37. The minimum Gasteiger partial charge on any atom is -0.464 e. The number of rotatable bonds is 4. The highest BCUT2D eigenvalue weighted by Gasteiger charge is 2.43. The molecule has 136 valence electrons. The monoisotopic (exact) mass is 359 g/mol. The Balaban J connectivity index is 1.77. The molecule has 1 aliphatic carbocycles. The Bertz CT molecular complexity index is 824. The van der Waals surface area contributed by atoms with Crippen molar-refractivity contribution >= 4 is 11.7 Å². The molecule has 1 fully saturated rings. The van der Waals surface area contributed by atoms with E-state index in [0.29, 0.717) is 22.8 Å². The molecule has 2 amide bonds. The molecule has 7 heteroatoms. The largest absolute Gasteiger partial charge is 0.464 e. The molecular weight excluding hydrogens is 340 g/mol. The number of carbonyl (C=O) groups excluding carboxylic acids is 1. The maximum atomic E-state index is 13.7. The van der Waals surface area contributed by atoms with Crippen molar-refractivity contribution < 1.29 is 18.0 Å². The van der Waals surface area contributed by atoms with Crippen molar-refractivity contribution in [3.63, 3.8) is 0 Å². The molecule has 2 aromatic rings. The number of nitriles is 1. The van der Waals surface area contributed by atoms with Crippen molar-refractivity contribution in [3.8, 4) is 6.07 Å². The van der Waals surface area contributed by atoms with Gasteiger partial charge in [0.05, 0.1) is 18.2 Å². The van der Waals surface area contributed by atoms with Gasteiger partial charge >= 0.3 is 6.03 Å². The molecule has 1 unspecified atom stereocenters. The summed E-state index contributed by atoms with van der Waals surface area (Å²) in [6.07, 6.45) is -0.337. The summed E-state index contributed by atoms with van der Waals surface area (Å²) in [5.41, 5.74) is 0.973. The van der Waals surface area contributed by atoms with E-state index in [2.05, 4.69) is 5.32 Å². The van der Waals surface area contributed by atoms with Crippen molar-refractivity contribution in [2.75, 3.05) is 5.32 Å². The van der Waals surface area contributed by atoms with Gasteiger partial charge in [-0.2, -0.15) is 5.26 Å². The second kappa shape index (κ2) is 7.16. The van der Waals surface area contributed by atoms with Crippen LogP contribution in [0.5, 0.6) is 0 Å². The number of nitrogens with one attached hydrogen (secondary N) is 1. The molecule has 1 atom stereocenters. The van der Waals surface area contributed by atoms with E-state index in [9.17, 15) is 13.6 Å². The van der Waals surface area contributed by atoms with Crippen LogP contribution in [0.25, 0.3) is 0 Å². The van der Waals surface area contributed by atoms with E-state index in [1.54, 1.807) is 43.3 Å². The maximum Gasteiger partial charge on any atom is 0.322 e. The van der Waals surface area contributed by atoms with E-state index in [1.165, 1.54) is 4.90 Å². The normalized spacial score (nSPS) is 18.3. The van der Waals surface area contributed by atoms with Gasteiger partial charge in [-0.15, -0.1) is 0 Å². The number of urea groups is 1. The molecule has 0 radical (unpaired) electrons. The van der Waals surface area contributed by atoms with Crippen LogP contribution in [-0.4, -0.2) is 22.9 Å². The van der Waals surface area contributed by atoms with Crippen LogP contribution >= 0.6 is 0 Å². The van der Waals surface area contributed by atoms with Gasteiger partial charge in [0.1, 0.15) is 11.5 Å². The molecule has 1 aromatic heterocycles. The number of alkyl halides is 2. The van der Waals surface area contributed by atoms with Crippen LogP contribution in [-0.2, 0) is 6.54 Å². The molecule has 0 aliphatic heterocycles. The van der Waals surface area contributed by atoms with E-state index >= 15 is 0 Å². The number of aryl methyl sites for hydroxylation is 1. The Kier molecular flexibility index (Phi) is 4.94. The Morgan fingerprint density at radius 1 is 1.35 bits per heavy atom. The zero-order valence-corrected chi connectivity index (χ0v) is 14.3. The Morgan fingerprint density at radius 2 is 2.08 bits per heavy atom. The Morgan fingerprint density at radius 3 is 2.62 bits per heavy atom. The minimum atomic E-state index is -2.75. The molecule has 26 heavy (non-hydrogen) atoms. The average molecular weight is 359 g/mol. The van der Waals surface area contributed by atoms with E-state index in [-0.39, 0.29) is 25.8 Å². The summed E-state index contributed by atoms with van der Waals surface area (Å²) in [6.45, 7) is 1.91. The highest BCUT2D eigenvalue weighted by Crippen LogP contribution is 2.38. The predicted octanol–water partition coefficient (Wildman–Crippen LogP) is 4.68. The van der Waals surface area contributed by atoms with Crippen molar-refractivity contribution in [2.45, 2.75) is 44.7 Å². The number of furan rings is 1. The molecule has 1 N–H and O–H groups in total. The molecule has 1 aromatic carbocycles. The molecule has 0 spiro atoms. The third-order valence-corrected chi connectivity index (χ3v) is 4.47. The second-order valence-corrected chi connectivity index (χ2v) is 6.51. The summed E-state index contributed by atoms with van der Waals surface area (Å²) in [5, 5.41) is 11.5. The van der Waals surface area contributed by atoms with Crippen molar-refractivity contribution in [1.82, 2.24) is 4.90 Å². The van der Waals surface area contributed by atoms with Crippen LogP contribution in [0, 0.1) is 18.3 Å². The number of hydrogen-bond donors (Lipinski definition) is 1. The van der Waals surface area contributed by atoms with Gasteiger partial charge in [0.25, 0.3) is 0 Å². The maximum absolute atomic E-state index is 13.7. The van der Waals surface area contributed by atoms with Gasteiger partial charge in [-0.3, -0.25) is 0 Å². The average Bonchev–Trinajstić information content (AvgIpc) is 3.18. The van der Waals surface area contributed by atoms with Gasteiger partial charge in [-0.1, -0.05) is 0 Å². The highest BCUT2D eigenvalue weighted by atomic mass is 19.3. The highest BCUT2D eigenvalue weighted by molar-refractivity contribution is 5.89. The molecule has 0 bridgehead atoms. The van der Waals surface area contributed by atoms with E-state index < -0.39 is 18.0 Å². The van der Waals surface area contributed by atoms with Crippen LogP contribution in [0.4, 0.5) is 19.3 Å². The summed E-state index contributed by atoms with van der Waals surface area (Å²) >= 11 is 0. The van der Waals surface area contributed by atoms with Crippen LogP contribution in [0.1, 0.15) is 36.3 Å². The zero-order valence-electron chi connectivity index (χ0n) is 14.3. The minimum absolute atomic E-state index is 0.122. The van der Waals surface area contributed by atoms with Gasteiger partial charge in [-0.25, -0.2) is 13.6 Å². The number of hydrogen-bond acceptors (Lipinski definition) is 3. The summed E-state index contributed by atoms with van der Waals surface area (Å²) in [5.74, 6) is -1.51. The van der Waals surface area contributed by atoms with Crippen LogP contribution in [0.3, 0.4) is 0 Å². The molecule has 3 rings (SSSR count). The van der Waals surface area contributed by atoms with Crippen LogP contribution in [0.15, 0.2) is 40.8 Å². The molecule has 1 saturated carbocycles. The Hall–Kier alpha value is -2.88. The number of carbonyl (C=O) groups is 1. The molecule has 5 nitrogen and oxygen atoms in total. The van der Waals surface area contributed by atoms with E-state index in [4.69, 9.17) is 9.68 Å². The zero-order chi connectivity index (χ0) is 18.7. The summed E-state index contributed by atoms with van der Waals surface area (Å²) in [6, 6.07) is 10.9. The third kappa shape index (κ3) is 4.20. The molecular formula is C19H19F2N3O2. The number of amides is 2. The first-order valence-electron chi connectivity index (χ1n) is 8.37. The topological polar surface area (TPSA) is 69.3 Å². The standard InChI is InChI=1S/C19H19F2N3O2/c1-13-2-7-17(26-13)12-24(16-8-9-19(20,21)10-16)18(25)23-15-5-3-14(11-22)4-6-15/h2-7,16H,8-10,12H2,1H3,(H,23,25). The van der Waals surface area contributed by atoms with E-state index in [1.807, 2.05) is 6.07 Å². The first-order chi connectivity index (χ1) is 12.4. The smallest absolute Gasteiger partial charge is 0.322 e. The lowest BCUT2D eigenvalue weighted by Crippen LogP contribution is -2.41. The predicted molar refractivity (Wildman–Crippen MR) is 91.7 cm³/mol. The number of nitrogens with zero attached hydrogens (tertiary/aromatic N) is 2. The van der Waals surface area contributed by atoms with Gasteiger partial charge in [0, 0.05) is 24.6 Å². The van der Waals surface area contributed by atoms with E-state index in [0.717, 1.165) is 0 Å². The Labute approximate surface area is 150 Å². The lowest BCUT2D eigenvalue weighted by molar-refractivity contribution is 0.00260. The fourth-order valence-corrected chi connectivity index (χ4v) is 3.12. The lowest BCUT2D eigenvalue weighted by Gasteiger charge is -2.28. The first kappa shape index (κ1) is 17.9. The molecule has 1 aliphatic rings. The number of benzene rings is 1. The van der Waals surface area contributed by atoms with Crippen LogP contribution in [0.2, 0.25) is 0 Å². The van der Waals surface area contributed by atoms with Gasteiger partial charge in [-0.05, 0) is 49.7 Å². The second-order valence-electron chi connectivity index (χ2n) is 6.51. The molecule has 0 saturated heterocycles. The lowest BCUT2D eigenvalue weighted by atomic mass is 10.2. The fraction of sp³-hybridized carbons (Fsp3) is 0.368. The summed E-state index contributed by atoms with van der Waals surface area (Å²) < 4.78 is 32.8. The fourth-order valence-electron chi connectivity index (χ4n) is 3.12. The number of anilines is 1. The van der Waals surface area contributed by atoms with Crippen molar-refractivity contribution in [1.29, 1.82) is 5.26 Å². The van der Waals surface area contributed by atoms with Gasteiger partial charge in [0.2, 0.25) is 5.92 Å². The van der Waals surface area contributed by atoms with Crippen molar-refractivity contribution in [2.24, 2.45) is 0 Å². The van der Waals surface area contributed by atoms with Crippen molar-refractivity contribution in [3.05, 3.63) is 53.5 Å². The third-order valence-electron chi connectivity index (χ3n) is 4.47. The summed E-state index contributed by atoms with van der Waals surface area (Å²) in [4.78, 5) is 14.1. The van der Waals surface area contributed by atoms with Gasteiger partial charge in [0.15, 0.2) is 0 Å². The SMILES string of the molecule is Cc1ccc(CN(C(=O)Nc2ccc(C#N)cc2)C2CCC(F)(F)C2)o1. The van der Waals surface area contributed by atoms with Gasteiger partial charge < -0.3 is 14.6 Å². The number of halogens is 2. The quantitative estimate of drug-likeness (QED) is 0.861. The van der Waals surface area contributed by atoms with Crippen LogP contribution < -0.4 is 5.32 Å². The summed E-state index contributed by atoms with van der Waals surface area (Å²) in [7, 11) is 0. The molecule has 1 heterocycles.